The lowest BCUT2D eigenvalue weighted by Crippen LogP contribution is -2.22. The predicted molar refractivity (Wildman–Crippen MR) is 58.4 cm³/mol. The van der Waals surface area contributed by atoms with Gasteiger partial charge in [0.25, 0.3) is 5.91 Å². The Morgan fingerprint density at radius 3 is 3.00 bits per heavy atom. The molecule has 0 radical (unpaired) electrons. The second kappa shape index (κ2) is 5.84. The lowest BCUT2D eigenvalue weighted by molar-refractivity contribution is 0.0956. The standard InChI is InChI=1S/C12H13NO2/c1-2-13-12(15)11-7-3-5-10(9-11)6-4-8-14/h3,5,7,9,14H,2,8H2,1H3,(H,13,15). The molecule has 3 nitrogen and oxygen atoms in total. The van der Waals surface area contributed by atoms with Gasteiger partial charge in [0.05, 0.1) is 0 Å². The molecule has 0 bridgehead atoms. The summed E-state index contributed by atoms with van der Waals surface area (Å²) in [5.41, 5.74) is 1.31. The van der Waals surface area contributed by atoms with Crippen LogP contribution in [0.3, 0.4) is 0 Å². The van der Waals surface area contributed by atoms with E-state index in [2.05, 4.69) is 17.2 Å². The maximum Gasteiger partial charge on any atom is 0.251 e. The summed E-state index contributed by atoms with van der Waals surface area (Å²) >= 11 is 0. The fraction of sp³-hybridized carbons (Fsp3) is 0.250. The summed E-state index contributed by atoms with van der Waals surface area (Å²) in [6.45, 7) is 2.30. The molecule has 1 aromatic rings. The van der Waals surface area contributed by atoms with E-state index >= 15 is 0 Å². The molecule has 0 spiro atoms. The molecule has 0 saturated carbocycles. The van der Waals surface area contributed by atoms with Crippen molar-refractivity contribution in [3.05, 3.63) is 35.4 Å². The summed E-state index contributed by atoms with van der Waals surface area (Å²) in [7, 11) is 0. The van der Waals surface area contributed by atoms with Crippen molar-refractivity contribution in [1.82, 2.24) is 5.32 Å². The van der Waals surface area contributed by atoms with Crippen LogP contribution in [0.2, 0.25) is 0 Å². The average Bonchev–Trinajstić information content (AvgIpc) is 2.27. The Labute approximate surface area is 89.1 Å². The highest BCUT2D eigenvalue weighted by Gasteiger charge is 2.02. The Bertz CT molecular complexity index is 402. The lowest BCUT2D eigenvalue weighted by atomic mass is 10.1. The lowest BCUT2D eigenvalue weighted by Gasteiger charge is -2.01. The van der Waals surface area contributed by atoms with Gasteiger partial charge in [-0.2, -0.15) is 0 Å². The molecule has 2 N–H and O–H groups in total. The number of aliphatic hydroxyl groups is 1. The van der Waals surface area contributed by atoms with E-state index in [0.29, 0.717) is 12.1 Å². The number of carbonyl (C=O) groups excluding carboxylic acids is 1. The molecular formula is C12H13NO2. The van der Waals surface area contributed by atoms with Crippen molar-refractivity contribution in [2.45, 2.75) is 6.92 Å². The van der Waals surface area contributed by atoms with E-state index in [-0.39, 0.29) is 12.5 Å². The number of aliphatic hydroxyl groups excluding tert-OH is 1. The van der Waals surface area contributed by atoms with Gasteiger partial charge in [-0.1, -0.05) is 17.9 Å². The van der Waals surface area contributed by atoms with E-state index in [4.69, 9.17) is 5.11 Å². The van der Waals surface area contributed by atoms with Crippen molar-refractivity contribution in [1.29, 1.82) is 0 Å². The second-order valence-electron chi connectivity index (χ2n) is 2.90. The Morgan fingerprint density at radius 1 is 1.53 bits per heavy atom. The molecule has 0 heterocycles. The quantitative estimate of drug-likeness (QED) is 0.698. The molecule has 0 atom stereocenters. The van der Waals surface area contributed by atoms with E-state index in [9.17, 15) is 4.79 Å². The van der Waals surface area contributed by atoms with E-state index < -0.39 is 0 Å². The van der Waals surface area contributed by atoms with Crippen LogP contribution in [0.25, 0.3) is 0 Å². The van der Waals surface area contributed by atoms with Gasteiger partial charge in [-0.3, -0.25) is 4.79 Å². The molecule has 78 valence electrons. The molecule has 0 saturated heterocycles. The van der Waals surface area contributed by atoms with Gasteiger partial charge < -0.3 is 10.4 Å². The zero-order valence-corrected chi connectivity index (χ0v) is 8.58. The molecule has 1 amide bonds. The van der Waals surface area contributed by atoms with Crippen molar-refractivity contribution in [3.8, 4) is 11.8 Å². The molecule has 3 heteroatoms. The first-order chi connectivity index (χ1) is 7.27. The molecule has 0 unspecified atom stereocenters. The summed E-state index contributed by atoms with van der Waals surface area (Å²) in [6, 6.07) is 7.00. The van der Waals surface area contributed by atoms with E-state index in [1.165, 1.54) is 0 Å². The zero-order valence-electron chi connectivity index (χ0n) is 8.58. The van der Waals surface area contributed by atoms with Gasteiger partial charge in [-0.25, -0.2) is 0 Å². The van der Waals surface area contributed by atoms with Crippen molar-refractivity contribution in [2.75, 3.05) is 13.2 Å². The van der Waals surface area contributed by atoms with Crippen LogP contribution in [0.15, 0.2) is 24.3 Å². The van der Waals surface area contributed by atoms with Gasteiger partial charge in [0.1, 0.15) is 6.61 Å². The van der Waals surface area contributed by atoms with E-state index in [1.807, 2.05) is 6.92 Å². The first-order valence-electron chi connectivity index (χ1n) is 4.76. The number of carbonyl (C=O) groups is 1. The maximum absolute atomic E-state index is 11.5. The van der Waals surface area contributed by atoms with Crippen LogP contribution in [-0.4, -0.2) is 24.2 Å². The number of nitrogens with one attached hydrogen (secondary N) is 1. The van der Waals surface area contributed by atoms with Crippen molar-refractivity contribution in [3.63, 3.8) is 0 Å². The van der Waals surface area contributed by atoms with Crippen molar-refractivity contribution < 1.29 is 9.90 Å². The highest BCUT2D eigenvalue weighted by atomic mass is 16.2. The minimum atomic E-state index is -0.175. The van der Waals surface area contributed by atoms with Gasteiger partial charge in [-0.15, -0.1) is 0 Å². The highest BCUT2D eigenvalue weighted by Crippen LogP contribution is 2.03. The third-order valence-electron chi connectivity index (χ3n) is 1.77. The minimum absolute atomic E-state index is 0.106. The van der Waals surface area contributed by atoms with Crippen LogP contribution in [0.4, 0.5) is 0 Å². The zero-order chi connectivity index (χ0) is 11.1. The Kier molecular flexibility index (Phi) is 4.39. The van der Waals surface area contributed by atoms with Crippen LogP contribution in [-0.2, 0) is 0 Å². The smallest absolute Gasteiger partial charge is 0.251 e. The van der Waals surface area contributed by atoms with Crippen LogP contribution < -0.4 is 5.32 Å². The minimum Gasteiger partial charge on any atom is -0.384 e. The van der Waals surface area contributed by atoms with E-state index in [1.54, 1.807) is 24.3 Å². The number of hydrogen-bond acceptors (Lipinski definition) is 2. The highest BCUT2D eigenvalue weighted by molar-refractivity contribution is 5.94. The third-order valence-corrected chi connectivity index (χ3v) is 1.77. The summed E-state index contributed by atoms with van der Waals surface area (Å²) in [5, 5.41) is 11.2. The molecule has 0 aromatic heterocycles. The SMILES string of the molecule is CCNC(=O)c1cccc(C#CCO)c1. The first kappa shape index (κ1) is 11.3. The summed E-state index contributed by atoms with van der Waals surface area (Å²) in [4.78, 5) is 11.5. The van der Waals surface area contributed by atoms with Crippen LogP contribution >= 0.6 is 0 Å². The topological polar surface area (TPSA) is 49.3 Å². The van der Waals surface area contributed by atoms with Gasteiger partial charge in [0.15, 0.2) is 0 Å². The summed E-state index contributed by atoms with van der Waals surface area (Å²) in [5.74, 6) is 5.18. The van der Waals surface area contributed by atoms with Gasteiger partial charge in [0, 0.05) is 17.7 Å². The molecule has 1 rings (SSSR count). The van der Waals surface area contributed by atoms with Crippen molar-refractivity contribution in [2.24, 2.45) is 0 Å². The molecule has 0 aliphatic heterocycles. The number of benzene rings is 1. The molecule has 0 fully saturated rings. The normalized spacial score (nSPS) is 8.93. The fourth-order valence-corrected chi connectivity index (χ4v) is 1.14. The van der Waals surface area contributed by atoms with Crippen LogP contribution in [0.1, 0.15) is 22.8 Å². The largest absolute Gasteiger partial charge is 0.384 e. The molecule has 0 aliphatic carbocycles. The molecule has 15 heavy (non-hydrogen) atoms. The summed E-state index contributed by atoms with van der Waals surface area (Å²) in [6.07, 6.45) is 0. The van der Waals surface area contributed by atoms with Crippen LogP contribution in [0, 0.1) is 11.8 Å². The molecule has 0 aliphatic rings. The Balaban J connectivity index is 2.87. The second-order valence-corrected chi connectivity index (χ2v) is 2.90. The van der Waals surface area contributed by atoms with Gasteiger partial charge >= 0.3 is 0 Å². The predicted octanol–water partition coefficient (Wildman–Crippen LogP) is 0.780. The van der Waals surface area contributed by atoms with Crippen LogP contribution in [0.5, 0.6) is 0 Å². The number of rotatable bonds is 2. The number of hydrogen-bond donors (Lipinski definition) is 2. The van der Waals surface area contributed by atoms with E-state index in [0.717, 1.165) is 5.56 Å². The Hall–Kier alpha value is -1.79. The van der Waals surface area contributed by atoms with Gasteiger partial charge in [-0.05, 0) is 25.1 Å². The average molecular weight is 203 g/mol. The number of amides is 1. The molecular weight excluding hydrogens is 190 g/mol. The fourth-order valence-electron chi connectivity index (χ4n) is 1.14. The molecule has 1 aromatic carbocycles. The maximum atomic E-state index is 11.5. The monoisotopic (exact) mass is 203 g/mol. The van der Waals surface area contributed by atoms with Crippen molar-refractivity contribution >= 4 is 5.91 Å². The third kappa shape index (κ3) is 3.45. The summed E-state index contributed by atoms with van der Waals surface area (Å²) < 4.78 is 0. The Morgan fingerprint density at radius 2 is 2.33 bits per heavy atom. The first-order valence-corrected chi connectivity index (χ1v) is 4.76. The van der Waals surface area contributed by atoms with Gasteiger partial charge in [0.2, 0.25) is 0 Å².